The second kappa shape index (κ2) is 9.80. The molecule has 2 aromatic carbocycles. The Hall–Kier alpha value is -3.61. The van der Waals surface area contributed by atoms with Crippen LogP contribution in [-0.2, 0) is 33.7 Å². The monoisotopic (exact) mass is 531 g/mol. The number of hydrogen-bond acceptors (Lipinski definition) is 4. The van der Waals surface area contributed by atoms with Crippen LogP contribution in [0.25, 0.3) is 0 Å². The summed E-state index contributed by atoms with van der Waals surface area (Å²) in [5, 5.41) is 0. The average Bonchev–Trinajstić information content (AvgIpc) is 2.77. The molecule has 0 fully saturated rings. The first-order chi connectivity index (χ1) is 16.6. The van der Waals surface area contributed by atoms with Gasteiger partial charge in [0.15, 0.2) is 0 Å². The standard InChI is InChI=1S/C23H19F6N3O3S/c1-36(34,35)32(13-14-3-2-4-17(11-14)22(24,25)26)18-8-5-15(6-9-18)20(21(30)33)16-7-10-19(31-12-16)23(27,28)29/h2-12,20H,13H2,1H3,(H2,30,33). The number of hydrogen-bond donors (Lipinski definition) is 1. The second-order valence-electron chi connectivity index (χ2n) is 7.87. The van der Waals surface area contributed by atoms with Crippen LogP contribution in [0.3, 0.4) is 0 Å². The van der Waals surface area contributed by atoms with Gasteiger partial charge >= 0.3 is 12.4 Å². The Labute approximate surface area is 202 Å². The molecule has 0 aliphatic heterocycles. The summed E-state index contributed by atoms with van der Waals surface area (Å²) in [7, 11) is -3.94. The summed E-state index contributed by atoms with van der Waals surface area (Å²) in [5.41, 5.74) is 3.89. The summed E-state index contributed by atoms with van der Waals surface area (Å²) in [4.78, 5) is 15.4. The maximum absolute atomic E-state index is 13.0. The normalized spacial score (nSPS) is 13.3. The molecule has 0 spiro atoms. The molecule has 1 heterocycles. The van der Waals surface area contributed by atoms with Gasteiger partial charge in [-0.05, 0) is 47.0 Å². The van der Waals surface area contributed by atoms with Gasteiger partial charge in [0.05, 0.1) is 30.0 Å². The van der Waals surface area contributed by atoms with Crippen molar-refractivity contribution in [1.82, 2.24) is 4.98 Å². The van der Waals surface area contributed by atoms with Crippen LogP contribution in [0.4, 0.5) is 32.0 Å². The van der Waals surface area contributed by atoms with Crippen molar-refractivity contribution in [1.29, 1.82) is 0 Å². The van der Waals surface area contributed by atoms with Crippen LogP contribution in [0, 0.1) is 0 Å². The minimum Gasteiger partial charge on any atom is -0.369 e. The molecule has 192 valence electrons. The van der Waals surface area contributed by atoms with Crippen LogP contribution in [-0.4, -0.2) is 25.6 Å². The van der Waals surface area contributed by atoms with Crippen molar-refractivity contribution in [2.24, 2.45) is 5.73 Å². The maximum atomic E-state index is 13.0. The van der Waals surface area contributed by atoms with E-state index in [1.165, 1.54) is 30.3 Å². The van der Waals surface area contributed by atoms with Gasteiger partial charge in [0.2, 0.25) is 15.9 Å². The Morgan fingerprint density at radius 2 is 1.56 bits per heavy atom. The van der Waals surface area contributed by atoms with E-state index in [0.717, 1.165) is 41.0 Å². The highest BCUT2D eigenvalue weighted by Crippen LogP contribution is 2.32. The van der Waals surface area contributed by atoms with E-state index in [9.17, 15) is 39.6 Å². The number of nitrogens with two attached hydrogens (primary N) is 1. The Morgan fingerprint density at radius 1 is 0.944 bits per heavy atom. The van der Waals surface area contributed by atoms with Crippen molar-refractivity contribution in [2.75, 3.05) is 10.6 Å². The van der Waals surface area contributed by atoms with Gasteiger partial charge in [0.1, 0.15) is 5.69 Å². The van der Waals surface area contributed by atoms with Crippen molar-refractivity contribution in [3.8, 4) is 0 Å². The van der Waals surface area contributed by atoms with E-state index in [4.69, 9.17) is 5.73 Å². The fourth-order valence-corrected chi connectivity index (χ4v) is 4.40. The quantitative estimate of drug-likeness (QED) is 0.448. The lowest BCUT2D eigenvalue weighted by molar-refractivity contribution is -0.141. The summed E-state index contributed by atoms with van der Waals surface area (Å²) in [6.45, 7) is -0.399. The van der Waals surface area contributed by atoms with Crippen molar-refractivity contribution in [2.45, 2.75) is 24.8 Å². The molecule has 0 saturated heterocycles. The highest BCUT2D eigenvalue weighted by molar-refractivity contribution is 7.92. The zero-order chi connectivity index (χ0) is 26.9. The van der Waals surface area contributed by atoms with Gasteiger partial charge in [-0.15, -0.1) is 0 Å². The van der Waals surface area contributed by atoms with Crippen LogP contribution in [0.2, 0.25) is 0 Å². The lowest BCUT2D eigenvalue weighted by Gasteiger charge is -2.24. The molecule has 6 nitrogen and oxygen atoms in total. The molecule has 0 bridgehead atoms. The van der Waals surface area contributed by atoms with Crippen LogP contribution < -0.4 is 10.0 Å². The number of halogens is 6. The smallest absolute Gasteiger partial charge is 0.369 e. The first kappa shape index (κ1) is 27.0. The van der Waals surface area contributed by atoms with Gasteiger partial charge in [-0.2, -0.15) is 26.3 Å². The topological polar surface area (TPSA) is 93.4 Å². The Bertz CT molecular complexity index is 1340. The number of anilines is 1. The van der Waals surface area contributed by atoms with Gasteiger partial charge in [-0.3, -0.25) is 14.1 Å². The predicted octanol–water partition coefficient (Wildman–Crippen LogP) is 4.70. The third-order valence-corrected chi connectivity index (χ3v) is 6.33. The number of pyridine rings is 1. The fourth-order valence-electron chi connectivity index (χ4n) is 3.51. The van der Waals surface area contributed by atoms with Gasteiger partial charge < -0.3 is 5.73 Å². The zero-order valence-electron chi connectivity index (χ0n) is 18.5. The van der Waals surface area contributed by atoms with Crippen LogP contribution in [0.1, 0.15) is 33.9 Å². The number of amides is 1. The summed E-state index contributed by atoms with van der Waals surface area (Å²) in [6.07, 6.45) is -7.52. The van der Waals surface area contributed by atoms with E-state index in [0.29, 0.717) is 6.07 Å². The van der Waals surface area contributed by atoms with Gasteiger partial charge in [-0.25, -0.2) is 8.42 Å². The van der Waals surface area contributed by atoms with E-state index < -0.39 is 52.0 Å². The molecule has 3 aromatic rings. The molecule has 1 aromatic heterocycles. The molecule has 0 aliphatic carbocycles. The first-order valence-electron chi connectivity index (χ1n) is 10.1. The summed E-state index contributed by atoms with van der Waals surface area (Å²) >= 11 is 0. The van der Waals surface area contributed by atoms with Crippen LogP contribution in [0.5, 0.6) is 0 Å². The van der Waals surface area contributed by atoms with Gasteiger partial charge in [0.25, 0.3) is 0 Å². The highest BCUT2D eigenvalue weighted by Gasteiger charge is 2.33. The number of aromatic nitrogens is 1. The zero-order valence-corrected chi connectivity index (χ0v) is 19.3. The van der Waals surface area contributed by atoms with Crippen molar-refractivity contribution in [3.63, 3.8) is 0 Å². The Balaban J connectivity index is 1.93. The molecular weight excluding hydrogens is 512 g/mol. The summed E-state index contributed by atoms with van der Waals surface area (Å²) in [5.74, 6) is -2.06. The number of rotatable bonds is 7. The molecule has 1 atom stereocenters. The maximum Gasteiger partial charge on any atom is 0.433 e. The minimum absolute atomic E-state index is 0.0881. The van der Waals surface area contributed by atoms with Crippen molar-refractivity contribution in [3.05, 3.63) is 94.8 Å². The average molecular weight is 531 g/mol. The largest absolute Gasteiger partial charge is 0.433 e. The molecule has 0 saturated carbocycles. The number of benzene rings is 2. The molecular formula is C23H19F6N3O3S. The molecule has 0 radical (unpaired) electrons. The molecule has 0 aliphatic rings. The predicted molar refractivity (Wildman–Crippen MR) is 119 cm³/mol. The number of sulfonamides is 1. The van der Waals surface area contributed by atoms with E-state index in [-0.39, 0.29) is 22.4 Å². The highest BCUT2D eigenvalue weighted by atomic mass is 32.2. The Kier molecular flexibility index (Phi) is 7.35. The van der Waals surface area contributed by atoms with E-state index in [1.807, 2.05) is 0 Å². The third kappa shape index (κ3) is 6.33. The molecule has 36 heavy (non-hydrogen) atoms. The first-order valence-corrected chi connectivity index (χ1v) is 12.0. The Morgan fingerprint density at radius 3 is 2.03 bits per heavy atom. The van der Waals surface area contributed by atoms with Crippen LogP contribution >= 0.6 is 0 Å². The minimum atomic E-state index is -4.67. The summed E-state index contributed by atoms with van der Waals surface area (Å²) in [6, 6.07) is 11.3. The van der Waals surface area contributed by atoms with Gasteiger partial charge in [-0.1, -0.05) is 30.3 Å². The number of alkyl halides is 6. The van der Waals surface area contributed by atoms with E-state index in [2.05, 4.69) is 4.98 Å². The second-order valence-corrected chi connectivity index (χ2v) is 9.78. The number of carbonyl (C=O) groups is 1. The number of carbonyl (C=O) groups excluding carboxylic acids is 1. The SMILES string of the molecule is CS(=O)(=O)N(Cc1cccc(C(F)(F)F)c1)c1ccc(C(C(N)=O)c2ccc(C(F)(F)F)nc2)cc1. The molecule has 1 amide bonds. The van der Waals surface area contributed by atoms with Crippen molar-refractivity contribution >= 4 is 21.6 Å². The lowest BCUT2D eigenvalue weighted by atomic mass is 9.91. The van der Waals surface area contributed by atoms with Gasteiger partial charge in [0, 0.05) is 6.20 Å². The molecule has 1 unspecified atom stereocenters. The molecule has 13 heteroatoms. The third-order valence-electron chi connectivity index (χ3n) is 5.19. The fraction of sp³-hybridized carbons (Fsp3) is 0.217. The van der Waals surface area contributed by atoms with Crippen LogP contribution in [0.15, 0.2) is 66.9 Å². The van der Waals surface area contributed by atoms with E-state index >= 15 is 0 Å². The lowest BCUT2D eigenvalue weighted by Crippen LogP contribution is -2.29. The van der Waals surface area contributed by atoms with Crippen molar-refractivity contribution < 1.29 is 39.6 Å². The number of primary amides is 1. The molecule has 2 N–H and O–H groups in total. The van der Waals surface area contributed by atoms with E-state index in [1.54, 1.807) is 0 Å². The summed E-state index contributed by atoms with van der Waals surface area (Å²) < 4.78 is 103. The molecule has 3 rings (SSSR count). The number of nitrogens with zero attached hydrogens (tertiary/aromatic N) is 2.